The minimum Gasteiger partial charge on any atom is -1.00 e. The van der Waals surface area contributed by atoms with E-state index in [1.54, 1.807) is 0 Å². The Kier molecular flexibility index (Phi) is 52.3. The number of quaternary nitrogens is 6. The summed E-state index contributed by atoms with van der Waals surface area (Å²) < 4.78 is 0. The number of benzene rings is 1. The maximum atomic E-state index is 3.88. The summed E-state index contributed by atoms with van der Waals surface area (Å²) in [4.78, 5) is 0. The monoisotopic (exact) mass is 580 g/mol. The van der Waals surface area contributed by atoms with Crippen LogP contribution in [0.2, 0.25) is 0 Å². The summed E-state index contributed by atoms with van der Waals surface area (Å²) in [7, 11) is 0. The first-order chi connectivity index (χ1) is 12.9. The van der Waals surface area contributed by atoms with Gasteiger partial charge < -0.3 is 107 Å². The van der Waals surface area contributed by atoms with E-state index in [1.807, 2.05) is 0 Å². The van der Waals surface area contributed by atoms with Crippen molar-refractivity contribution < 1.29 is 107 Å². The van der Waals surface area contributed by atoms with E-state index in [1.165, 1.54) is 76.1 Å². The van der Waals surface area contributed by atoms with Crippen LogP contribution in [0.5, 0.6) is 0 Å². The summed E-state index contributed by atoms with van der Waals surface area (Å²) >= 11 is 0. The second-order valence-electron chi connectivity index (χ2n) is 7.24. The van der Waals surface area contributed by atoms with Crippen molar-refractivity contribution in [3.05, 3.63) is 35.4 Å². The molecule has 0 aromatic heterocycles. The van der Waals surface area contributed by atoms with Crippen molar-refractivity contribution in [1.82, 2.24) is 0 Å². The number of hydrogen-bond donors (Lipinski definition) is 6. The quantitative estimate of drug-likeness (QED) is 0.0921. The fourth-order valence-corrected chi connectivity index (χ4v) is 3.10. The zero-order valence-corrected chi connectivity index (χ0v) is 23.7. The highest BCUT2D eigenvalue weighted by Gasteiger charge is 2.01. The second-order valence-corrected chi connectivity index (χ2v) is 7.24. The molecule has 1 rings (SSSR count). The number of halogens is 6. The molecule has 0 spiro atoms. The van der Waals surface area contributed by atoms with Gasteiger partial charge >= 0.3 is 0 Å². The molecule has 12 heteroatoms. The molecule has 0 unspecified atom stereocenters. The van der Waals surface area contributed by atoms with E-state index in [-0.39, 0.29) is 74.4 Å². The van der Waals surface area contributed by atoms with Crippen molar-refractivity contribution in [2.75, 3.05) is 52.4 Å². The Labute approximate surface area is 232 Å². The van der Waals surface area contributed by atoms with Gasteiger partial charge in [0, 0.05) is 36.8 Å². The molecule has 198 valence electrons. The van der Waals surface area contributed by atoms with E-state index in [0.717, 1.165) is 26.2 Å². The van der Waals surface area contributed by atoms with Gasteiger partial charge in [0.1, 0.15) is 13.1 Å². The largest absolute Gasteiger partial charge is 1.00 e. The van der Waals surface area contributed by atoms with E-state index in [2.05, 4.69) is 57.0 Å². The molecule has 0 bridgehead atoms. The molecule has 0 aliphatic heterocycles. The van der Waals surface area contributed by atoms with Crippen LogP contribution < -0.4 is 107 Å². The first-order valence-electron chi connectivity index (χ1n) is 10.8. The van der Waals surface area contributed by atoms with Crippen LogP contribution in [-0.4, -0.2) is 52.4 Å². The summed E-state index contributed by atoms with van der Waals surface area (Å²) in [5.74, 6) is 0. The van der Waals surface area contributed by atoms with Gasteiger partial charge in [-0.25, -0.2) is 0 Å². The molecule has 0 radical (unpaired) electrons. The third kappa shape index (κ3) is 28.8. The number of nitrogens with two attached hydrogens (primary N) is 4. The fraction of sp³-hybridized carbons (Fsp3) is 0.700. The van der Waals surface area contributed by atoms with Crippen LogP contribution in [-0.2, 0) is 13.1 Å². The molecule has 0 saturated heterocycles. The van der Waals surface area contributed by atoms with Crippen molar-refractivity contribution in [1.29, 1.82) is 0 Å². The average Bonchev–Trinajstić information content (AvgIpc) is 2.66. The molecule has 32 heavy (non-hydrogen) atoms. The van der Waals surface area contributed by atoms with Gasteiger partial charge in [-0.1, -0.05) is 18.2 Å². The van der Waals surface area contributed by atoms with Gasteiger partial charge in [0.15, 0.2) is 0 Å². The lowest BCUT2D eigenvalue weighted by Gasteiger charge is -2.05. The average molecular weight is 583 g/mol. The van der Waals surface area contributed by atoms with E-state index in [9.17, 15) is 0 Å². The fourth-order valence-electron chi connectivity index (χ4n) is 3.10. The minimum absolute atomic E-state index is 0. The molecule has 0 amide bonds. The maximum Gasteiger partial charge on any atom is 0.101 e. The lowest BCUT2D eigenvalue weighted by molar-refractivity contribution is -0.690. The molecule has 0 heterocycles. The Morgan fingerprint density at radius 3 is 1.22 bits per heavy atom. The van der Waals surface area contributed by atoms with E-state index in [0.29, 0.717) is 0 Å². The predicted octanol–water partition coefficient (Wildman–Crippen LogP) is -23.0. The van der Waals surface area contributed by atoms with Crippen LogP contribution >= 0.6 is 0 Å². The van der Waals surface area contributed by atoms with Crippen LogP contribution in [0.1, 0.15) is 36.8 Å². The summed E-state index contributed by atoms with van der Waals surface area (Å²) in [6.45, 7) is 11.7. The van der Waals surface area contributed by atoms with Crippen molar-refractivity contribution in [3.63, 3.8) is 0 Å². The highest BCUT2D eigenvalue weighted by atomic mass is 35.5. The molecular formula is C20H46Cl6N6. The highest BCUT2D eigenvalue weighted by Crippen LogP contribution is 2.02. The highest BCUT2D eigenvalue weighted by molar-refractivity contribution is 5.21. The third-order valence-corrected chi connectivity index (χ3v) is 4.70. The van der Waals surface area contributed by atoms with Crippen molar-refractivity contribution in [3.8, 4) is 0 Å². The predicted molar refractivity (Wildman–Crippen MR) is 105 cm³/mol. The Bertz CT molecular complexity index is 414. The molecule has 1 aromatic rings. The van der Waals surface area contributed by atoms with E-state index >= 15 is 0 Å². The summed E-state index contributed by atoms with van der Waals surface area (Å²) in [5.41, 5.74) is 10.7. The normalized spacial score (nSPS) is 9.06. The molecule has 0 atom stereocenters. The summed E-state index contributed by atoms with van der Waals surface area (Å²) in [5, 5.41) is 9.74. The molecule has 0 aliphatic carbocycles. The molecular weight excluding hydrogens is 537 g/mol. The lowest BCUT2D eigenvalue weighted by Crippen LogP contribution is -3.00. The molecule has 1 aromatic carbocycles. The molecule has 6 nitrogen and oxygen atoms in total. The van der Waals surface area contributed by atoms with Crippen LogP contribution in [0.15, 0.2) is 24.3 Å². The minimum atomic E-state index is 0. The first kappa shape index (κ1) is 46.1. The van der Waals surface area contributed by atoms with Crippen molar-refractivity contribution in [2.45, 2.75) is 38.8 Å². The van der Waals surface area contributed by atoms with Crippen molar-refractivity contribution >= 4 is 0 Å². The summed E-state index contributed by atoms with van der Waals surface area (Å²) in [6, 6.07) is 9.12. The Morgan fingerprint density at radius 2 is 0.844 bits per heavy atom. The van der Waals surface area contributed by atoms with Crippen LogP contribution in [0.4, 0.5) is 0 Å². The van der Waals surface area contributed by atoms with Gasteiger partial charge in [0.25, 0.3) is 0 Å². The third-order valence-electron chi connectivity index (χ3n) is 4.70. The Hall–Kier alpha value is 0.720. The SMILES string of the molecule is [Cl-].[Cl-].[Cl-].[Cl-].[Cl-].[Cl-].[NH3+]CCC[NH2+]CCC[NH2+]Cc1cccc(C[NH2+]CCC[NH2+]CCC[NH3+])c1. The Morgan fingerprint density at radius 1 is 0.500 bits per heavy atom. The lowest BCUT2D eigenvalue weighted by atomic mass is 10.1. The standard InChI is InChI=1S/C20H40N6.6ClH/c21-8-2-10-23-12-4-14-25-17-19-6-1-7-20(16-19)18-26-15-5-13-24-11-3-9-22;;;;;;/h1,6-7,16,23-26H,2-5,8-15,17-18,21-22H2;6*1H. The van der Waals surface area contributed by atoms with Gasteiger partial charge in [-0.15, -0.1) is 0 Å². The second kappa shape index (κ2) is 36.3. The van der Waals surface area contributed by atoms with Crippen LogP contribution in [0, 0.1) is 0 Å². The summed E-state index contributed by atoms with van der Waals surface area (Å²) in [6.07, 6.45) is 5.05. The molecule has 14 N–H and O–H groups in total. The van der Waals surface area contributed by atoms with Gasteiger partial charge in [-0.3, -0.25) is 0 Å². The van der Waals surface area contributed by atoms with E-state index in [4.69, 9.17) is 0 Å². The zero-order chi connectivity index (χ0) is 18.7. The maximum absolute atomic E-state index is 3.88. The molecule has 0 saturated carbocycles. The van der Waals surface area contributed by atoms with Gasteiger partial charge in [-0.05, 0) is 6.07 Å². The van der Waals surface area contributed by atoms with Crippen LogP contribution in [0.25, 0.3) is 0 Å². The van der Waals surface area contributed by atoms with Crippen LogP contribution in [0.3, 0.4) is 0 Å². The van der Waals surface area contributed by atoms with Gasteiger partial charge in [0.2, 0.25) is 0 Å². The zero-order valence-electron chi connectivity index (χ0n) is 19.2. The molecule has 0 fully saturated rings. The van der Waals surface area contributed by atoms with E-state index < -0.39 is 0 Å². The first-order valence-corrected chi connectivity index (χ1v) is 10.8. The van der Waals surface area contributed by atoms with Crippen molar-refractivity contribution in [2.24, 2.45) is 0 Å². The smallest absolute Gasteiger partial charge is 0.101 e. The number of rotatable bonds is 18. The Balaban J connectivity index is -0.000000282. The topological polar surface area (TPSA) is 122 Å². The van der Waals surface area contributed by atoms with Gasteiger partial charge in [0.05, 0.1) is 52.4 Å². The number of hydrogen-bond acceptors (Lipinski definition) is 0. The van der Waals surface area contributed by atoms with Gasteiger partial charge in [-0.2, -0.15) is 0 Å². The molecule has 0 aliphatic rings.